The molecule has 1 unspecified atom stereocenters. The van der Waals surface area contributed by atoms with Gasteiger partial charge >= 0.3 is 0 Å². The summed E-state index contributed by atoms with van der Waals surface area (Å²) in [5, 5.41) is 1.40. The first-order valence-electron chi connectivity index (χ1n) is 6.52. The van der Waals surface area contributed by atoms with E-state index in [2.05, 4.69) is 43.3 Å². The molecule has 2 nitrogen and oxygen atoms in total. The van der Waals surface area contributed by atoms with Crippen LogP contribution in [-0.2, 0) is 11.2 Å². The van der Waals surface area contributed by atoms with Gasteiger partial charge in [-0.15, -0.1) is 11.3 Å². The Labute approximate surface area is 112 Å². The molecule has 3 rings (SSSR count). The lowest BCUT2D eigenvalue weighted by Crippen LogP contribution is -2.20. The van der Waals surface area contributed by atoms with E-state index in [0.29, 0.717) is 0 Å². The van der Waals surface area contributed by atoms with Crippen molar-refractivity contribution in [2.24, 2.45) is 0 Å². The summed E-state index contributed by atoms with van der Waals surface area (Å²) in [5.74, 6) is 0. The van der Waals surface area contributed by atoms with Gasteiger partial charge in [-0.3, -0.25) is 0 Å². The van der Waals surface area contributed by atoms with E-state index in [1.54, 1.807) is 0 Å². The van der Waals surface area contributed by atoms with Gasteiger partial charge in [-0.05, 0) is 32.0 Å². The maximum Gasteiger partial charge on any atom is 0.0854 e. The van der Waals surface area contributed by atoms with Gasteiger partial charge in [-0.2, -0.15) is 0 Å². The molecular weight excluding hydrogens is 242 g/mol. The Morgan fingerprint density at radius 2 is 2.17 bits per heavy atom. The van der Waals surface area contributed by atoms with Crippen molar-refractivity contribution in [1.82, 2.24) is 4.90 Å². The smallest absolute Gasteiger partial charge is 0.0854 e. The van der Waals surface area contributed by atoms with Crippen LogP contribution in [0.3, 0.4) is 0 Å². The summed E-state index contributed by atoms with van der Waals surface area (Å²) >= 11 is 1.94. The first-order chi connectivity index (χ1) is 8.75. The van der Waals surface area contributed by atoms with Crippen molar-refractivity contribution in [3.63, 3.8) is 0 Å². The summed E-state index contributed by atoms with van der Waals surface area (Å²) < 4.78 is 7.41. The molecule has 0 fully saturated rings. The van der Waals surface area contributed by atoms with Gasteiger partial charge in [-0.1, -0.05) is 18.2 Å². The maximum absolute atomic E-state index is 6.00. The van der Waals surface area contributed by atoms with E-state index in [1.165, 1.54) is 20.5 Å². The average Bonchev–Trinajstić information content (AvgIpc) is 2.75. The Bertz CT molecular complexity index is 546. The number of thiophene rings is 1. The highest BCUT2D eigenvalue weighted by Crippen LogP contribution is 2.40. The molecule has 2 heterocycles. The second-order valence-electron chi connectivity index (χ2n) is 5.14. The Kier molecular flexibility index (Phi) is 3.37. The lowest BCUT2D eigenvalue weighted by Gasteiger charge is -2.25. The van der Waals surface area contributed by atoms with Gasteiger partial charge in [0.25, 0.3) is 0 Å². The van der Waals surface area contributed by atoms with Gasteiger partial charge in [0.15, 0.2) is 0 Å². The number of rotatable bonds is 3. The molecule has 1 aromatic heterocycles. The van der Waals surface area contributed by atoms with E-state index in [9.17, 15) is 0 Å². The van der Waals surface area contributed by atoms with Crippen molar-refractivity contribution < 1.29 is 4.74 Å². The SMILES string of the molecule is CN(C)CCC1OCCc2sc3ccccc3c21. The summed E-state index contributed by atoms with van der Waals surface area (Å²) in [4.78, 5) is 3.76. The molecule has 0 bridgehead atoms. The molecule has 1 atom stereocenters. The summed E-state index contributed by atoms with van der Waals surface area (Å²) in [6.45, 7) is 1.95. The van der Waals surface area contributed by atoms with Crippen molar-refractivity contribution in [3.05, 3.63) is 34.7 Å². The highest BCUT2D eigenvalue weighted by Gasteiger charge is 2.25. The monoisotopic (exact) mass is 261 g/mol. The highest BCUT2D eigenvalue weighted by molar-refractivity contribution is 7.19. The molecule has 0 N–H and O–H groups in total. The molecule has 18 heavy (non-hydrogen) atoms. The lowest BCUT2D eigenvalue weighted by molar-refractivity contribution is 0.0344. The Morgan fingerprint density at radius 1 is 1.33 bits per heavy atom. The highest BCUT2D eigenvalue weighted by atomic mass is 32.1. The zero-order valence-corrected chi connectivity index (χ0v) is 11.8. The number of hydrogen-bond acceptors (Lipinski definition) is 3. The minimum absolute atomic E-state index is 0.285. The van der Waals surface area contributed by atoms with Gasteiger partial charge < -0.3 is 9.64 Å². The van der Waals surface area contributed by atoms with Crippen molar-refractivity contribution in [2.45, 2.75) is 18.9 Å². The number of benzene rings is 1. The molecule has 1 aromatic carbocycles. The van der Waals surface area contributed by atoms with Crippen molar-refractivity contribution in [2.75, 3.05) is 27.2 Å². The molecule has 96 valence electrons. The van der Waals surface area contributed by atoms with E-state index in [4.69, 9.17) is 4.74 Å². The lowest BCUT2D eigenvalue weighted by atomic mass is 9.99. The fourth-order valence-corrected chi connectivity index (χ4v) is 3.87. The Balaban J connectivity index is 1.98. The summed E-state index contributed by atoms with van der Waals surface area (Å²) in [6.07, 6.45) is 2.45. The second kappa shape index (κ2) is 5.00. The standard InChI is InChI=1S/C15H19NOS/c1-16(2)9-7-12-15-11-5-3-4-6-13(11)18-14(15)8-10-17-12/h3-6,12H,7-10H2,1-2H3. The van der Waals surface area contributed by atoms with Crippen LogP contribution in [0.15, 0.2) is 24.3 Å². The van der Waals surface area contributed by atoms with Crippen molar-refractivity contribution >= 4 is 21.4 Å². The summed E-state index contributed by atoms with van der Waals surface area (Å²) in [7, 11) is 4.24. The molecular formula is C15H19NOS. The van der Waals surface area contributed by atoms with Gasteiger partial charge in [0, 0.05) is 28.1 Å². The van der Waals surface area contributed by atoms with E-state index < -0.39 is 0 Å². The minimum atomic E-state index is 0.285. The number of ether oxygens (including phenoxy) is 1. The minimum Gasteiger partial charge on any atom is -0.373 e. The van der Waals surface area contributed by atoms with Crippen LogP contribution in [0.2, 0.25) is 0 Å². The summed E-state index contributed by atoms with van der Waals surface area (Å²) in [6, 6.07) is 8.72. The maximum atomic E-state index is 6.00. The molecule has 0 aliphatic carbocycles. The fraction of sp³-hybridized carbons (Fsp3) is 0.467. The van der Waals surface area contributed by atoms with Crippen LogP contribution in [-0.4, -0.2) is 32.1 Å². The third-order valence-electron chi connectivity index (χ3n) is 3.52. The van der Waals surface area contributed by atoms with Crippen LogP contribution in [0.5, 0.6) is 0 Å². The number of nitrogens with zero attached hydrogens (tertiary/aromatic N) is 1. The molecule has 0 saturated heterocycles. The zero-order chi connectivity index (χ0) is 12.5. The first-order valence-corrected chi connectivity index (χ1v) is 7.34. The van der Waals surface area contributed by atoms with Crippen LogP contribution in [0.4, 0.5) is 0 Å². The van der Waals surface area contributed by atoms with Crippen LogP contribution in [0.1, 0.15) is 23.0 Å². The fourth-order valence-electron chi connectivity index (χ4n) is 2.64. The van der Waals surface area contributed by atoms with E-state index >= 15 is 0 Å². The van der Waals surface area contributed by atoms with E-state index in [1.807, 2.05) is 11.3 Å². The average molecular weight is 261 g/mol. The molecule has 0 spiro atoms. The van der Waals surface area contributed by atoms with Crippen LogP contribution >= 0.6 is 11.3 Å². The molecule has 0 radical (unpaired) electrons. The topological polar surface area (TPSA) is 12.5 Å². The first kappa shape index (κ1) is 12.2. The van der Waals surface area contributed by atoms with Crippen LogP contribution in [0, 0.1) is 0 Å². The quantitative estimate of drug-likeness (QED) is 0.839. The Morgan fingerprint density at radius 3 is 3.00 bits per heavy atom. The predicted octanol–water partition coefficient (Wildman–Crippen LogP) is 3.47. The third-order valence-corrected chi connectivity index (χ3v) is 4.77. The molecule has 0 saturated carbocycles. The van der Waals surface area contributed by atoms with Crippen LogP contribution < -0.4 is 0 Å². The van der Waals surface area contributed by atoms with Gasteiger partial charge in [-0.25, -0.2) is 0 Å². The third kappa shape index (κ3) is 2.18. The van der Waals surface area contributed by atoms with Gasteiger partial charge in [0.1, 0.15) is 0 Å². The van der Waals surface area contributed by atoms with Gasteiger partial charge in [0.2, 0.25) is 0 Å². The molecule has 1 aliphatic heterocycles. The molecule has 2 aromatic rings. The zero-order valence-electron chi connectivity index (χ0n) is 11.0. The number of fused-ring (bicyclic) bond motifs is 3. The van der Waals surface area contributed by atoms with Crippen molar-refractivity contribution in [3.8, 4) is 0 Å². The number of hydrogen-bond donors (Lipinski definition) is 0. The van der Waals surface area contributed by atoms with E-state index in [0.717, 1.165) is 26.0 Å². The normalized spacial score (nSPS) is 19.4. The summed E-state index contributed by atoms with van der Waals surface area (Å²) in [5.41, 5.74) is 1.46. The van der Waals surface area contributed by atoms with E-state index in [-0.39, 0.29) is 6.10 Å². The molecule has 1 aliphatic rings. The van der Waals surface area contributed by atoms with Crippen molar-refractivity contribution in [1.29, 1.82) is 0 Å². The molecule has 3 heteroatoms. The largest absolute Gasteiger partial charge is 0.373 e. The molecule has 0 amide bonds. The predicted molar refractivity (Wildman–Crippen MR) is 77.4 cm³/mol. The van der Waals surface area contributed by atoms with Gasteiger partial charge in [0.05, 0.1) is 12.7 Å². The Hall–Kier alpha value is -0.900. The van der Waals surface area contributed by atoms with Crippen LogP contribution in [0.25, 0.3) is 10.1 Å². The second-order valence-corrected chi connectivity index (χ2v) is 6.27.